The molecule has 0 amide bonds. The minimum atomic E-state index is -0.764. The maximum absolute atomic E-state index is 5.71. The van der Waals surface area contributed by atoms with Gasteiger partial charge in [-0.1, -0.05) is 18.1 Å². The van der Waals surface area contributed by atoms with Crippen LogP contribution < -0.4 is 0 Å². The molecule has 0 N–H and O–H groups in total. The second-order valence-corrected chi connectivity index (χ2v) is 4.08. The van der Waals surface area contributed by atoms with E-state index in [4.69, 9.17) is 21.1 Å². The molecule has 0 fully saturated rings. The highest BCUT2D eigenvalue weighted by Crippen LogP contribution is 2.13. The Hall–Kier alpha value is 0.427. The fourth-order valence-electron chi connectivity index (χ4n) is 0.372. The first-order valence-corrected chi connectivity index (χ1v) is 4.97. The predicted molar refractivity (Wildman–Crippen MR) is 37.0 cm³/mol. The summed E-state index contributed by atoms with van der Waals surface area (Å²) in [7, 11) is 2.65. The van der Waals surface area contributed by atoms with Gasteiger partial charge in [-0.2, -0.15) is 0 Å². The Balaban J connectivity index is 3.58. The van der Waals surface area contributed by atoms with Crippen molar-refractivity contribution in [2.24, 2.45) is 0 Å². The fourth-order valence-corrected chi connectivity index (χ4v) is 0.949. The number of alkyl halides is 1. The standard InChI is InChI=1S/C4H11ClO2Si/c1-6-4(5,7-2)8-3/h8H2,1-3H3. The largest absolute Gasteiger partial charge is 0.345 e. The quantitative estimate of drug-likeness (QED) is 0.332. The molecule has 0 heterocycles. The first-order chi connectivity index (χ1) is 3.68. The minimum absolute atomic E-state index is 0.448. The Morgan fingerprint density at radius 1 is 1.38 bits per heavy atom. The van der Waals surface area contributed by atoms with E-state index in [0.29, 0.717) is 0 Å². The van der Waals surface area contributed by atoms with Crippen LogP contribution in [-0.2, 0) is 9.47 Å². The maximum Gasteiger partial charge on any atom is 0.218 e. The first kappa shape index (κ1) is 8.43. The van der Waals surface area contributed by atoms with Gasteiger partial charge in [0.2, 0.25) is 4.87 Å². The van der Waals surface area contributed by atoms with E-state index in [1.54, 1.807) is 14.2 Å². The van der Waals surface area contributed by atoms with Crippen LogP contribution in [0.1, 0.15) is 0 Å². The van der Waals surface area contributed by atoms with Gasteiger partial charge in [-0.25, -0.2) is 0 Å². The van der Waals surface area contributed by atoms with Crippen molar-refractivity contribution >= 4 is 21.1 Å². The molecule has 0 aliphatic heterocycles. The summed E-state index contributed by atoms with van der Waals surface area (Å²) in [6.45, 7) is 2.03. The van der Waals surface area contributed by atoms with Crippen molar-refractivity contribution in [2.75, 3.05) is 14.2 Å². The van der Waals surface area contributed by atoms with Gasteiger partial charge in [0, 0.05) is 14.2 Å². The molecular formula is C4H11ClO2Si. The minimum Gasteiger partial charge on any atom is -0.345 e. The van der Waals surface area contributed by atoms with E-state index in [1.165, 1.54) is 0 Å². The second-order valence-electron chi connectivity index (χ2n) is 1.42. The lowest BCUT2D eigenvalue weighted by Crippen LogP contribution is -2.31. The molecule has 0 rings (SSSR count). The number of rotatable bonds is 3. The van der Waals surface area contributed by atoms with E-state index in [1.807, 2.05) is 6.55 Å². The van der Waals surface area contributed by atoms with Crippen molar-refractivity contribution in [2.45, 2.75) is 11.4 Å². The Morgan fingerprint density at radius 3 is 1.75 bits per heavy atom. The van der Waals surface area contributed by atoms with Crippen LogP contribution in [-0.4, -0.2) is 28.6 Å². The molecule has 0 radical (unpaired) electrons. The van der Waals surface area contributed by atoms with Crippen LogP contribution in [0.3, 0.4) is 0 Å². The molecule has 0 aromatic heterocycles. The molecule has 0 aromatic carbocycles. The van der Waals surface area contributed by atoms with Gasteiger partial charge in [0.15, 0.2) is 0 Å². The van der Waals surface area contributed by atoms with E-state index in [0.717, 1.165) is 0 Å². The molecule has 2 nitrogen and oxygen atoms in total. The maximum atomic E-state index is 5.71. The average Bonchev–Trinajstić information content (AvgIpc) is 1.87. The van der Waals surface area contributed by atoms with Gasteiger partial charge in [-0.05, 0) is 0 Å². The van der Waals surface area contributed by atoms with E-state index >= 15 is 0 Å². The van der Waals surface area contributed by atoms with Gasteiger partial charge in [0.1, 0.15) is 9.52 Å². The Kier molecular flexibility index (Phi) is 3.64. The lowest BCUT2D eigenvalue weighted by molar-refractivity contribution is -0.0798. The first-order valence-electron chi connectivity index (χ1n) is 2.47. The van der Waals surface area contributed by atoms with E-state index in [2.05, 4.69) is 0 Å². The zero-order chi connectivity index (χ0) is 6.62. The van der Waals surface area contributed by atoms with Crippen molar-refractivity contribution in [3.63, 3.8) is 0 Å². The van der Waals surface area contributed by atoms with Gasteiger partial charge in [-0.3, -0.25) is 0 Å². The van der Waals surface area contributed by atoms with Crippen LogP contribution in [0.5, 0.6) is 0 Å². The SMILES string of the molecule is COC(Cl)(OC)[SiH2]C. The van der Waals surface area contributed by atoms with E-state index in [-0.39, 0.29) is 0 Å². The third-order valence-electron chi connectivity index (χ3n) is 1.03. The number of halogens is 1. The smallest absolute Gasteiger partial charge is 0.218 e. The van der Waals surface area contributed by atoms with E-state index < -0.39 is 14.4 Å². The number of hydrogen-bond donors (Lipinski definition) is 0. The van der Waals surface area contributed by atoms with E-state index in [9.17, 15) is 0 Å². The molecule has 0 saturated heterocycles. The summed E-state index contributed by atoms with van der Waals surface area (Å²) in [5, 5.41) is 0. The third kappa shape index (κ3) is 2.13. The zero-order valence-corrected chi connectivity index (χ0v) is 7.57. The van der Waals surface area contributed by atoms with Gasteiger partial charge in [0.25, 0.3) is 0 Å². The molecule has 0 aromatic rings. The van der Waals surface area contributed by atoms with Crippen molar-refractivity contribution in [1.29, 1.82) is 0 Å². The summed E-state index contributed by atoms with van der Waals surface area (Å²) in [5.41, 5.74) is 0. The zero-order valence-electron chi connectivity index (χ0n) is 5.40. The molecule has 0 aliphatic carbocycles. The molecule has 0 aliphatic rings. The summed E-state index contributed by atoms with van der Waals surface area (Å²) < 4.78 is 9.68. The van der Waals surface area contributed by atoms with Gasteiger partial charge >= 0.3 is 0 Å². The Morgan fingerprint density at radius 2 is 1.75 bits per heavy atom. The van der Waals surface area contributed by atoms with Crippen molar-refractivity contribution in [3.05, 3.63) is 0 Å². The molecule has 0 bridgehead atoms. The molecule has 0 spiro atoms. The molecule has 0 unspecified atom stereocenters. The molecule has 4 heteroatoms. The molecule has 0 saturated carbocycles. The number of ether oxygens (including phenoxy) is 2. The number of hydrogen-bond acceptors (Lipinski definition) is 2. The van der Waals surface area contributed by atoms with Crippen LogP contribution in [0.25, 0.3) is 0 Å². The van der Waals surface area contributed by atoms with Crippen LogP contribution in [0.2, 0.25) is 6.55 Å². The van der Waals surface area contributed by atoms with Gasteiger partial charge in [-0.15, -0.1) is 0 Å². The molecule has 50 valence electrons. The lowest BCUT2D eigenvalue weighted by atomic mass is 11.3. The summed E-state index contributed by atoms with van der Waals surface area (Å²) in [4.78, 5) is -0.764. The normalized spacial score (nSPS) is 13.5. The molecule has 8 heavy (non-hydrogen) atoms. The predicted octanol–water partition coefficient (Wildman–Crippen LogP) is 0.346. The highest BCUT2D eigenvalue weighted by atomic mass is 35.5. The Labute approximate surface area is 56.9 Å². The average molecular weight is 155 g/mol. The van der Waals surface area contributed by atoms with Crippen LogP contribution in [0.15, 0.2) is 0 Å². The summed E-state index contributed by atoms with van der Waals surface area (Å²) in [6.07, 6.45) is 0. The second kappa shape index (κ2) is 3.45. The van der Waals surface area contributed by atoms with Crippen LogP contribution in [0, 0.1) is 0 Å². The molecule has 0 atom stereocenters. The summed E-state index contributed by atoms with van der Waals surface area (Å²) in [5.74, 6) is 0. The highest BCUT2D eigenvalue weighted by Gasteiger charge is 2.22. The van der Waals surface area contributed by atoms with Crippen molar-refractivity contribution < 1.29 is 9.47 Å². The topological polar surface area (TPSA) is 18.5 Å². The van der Waals surface area contributed by atoms with Crippen LogP contribution in [0.4, 0.5) is 0 Å². The summed E-state index contributed by atoms with van der Waals surface area (Å²) >= 11 is 5.71. The van der Waals surface area contributed by atoms with Crippen LogP contribution >= 0.6 is 11.6 Å². The monoisotopic (exact) mass is 154 g/mol. The van der Waals surface area contributed by atoms with Crippen molar-refractivity contribution in [3.8, 4) is 0 Å². The highest BCUT2D eigenvalue weighted by molar-refractivity contribution is 6.53. The van der Waals surface area contributed by atoms with Gasteiger partial charge < -0.3 is 9.47 Å². The lowest BCUT2D eigenvalue weighted by Gasteiger charge is -2.20. The summed E-state index contributed by atoms with van der Waals surface area (Å²) in [6, 6.07) is 0. The Bertz CT molecular complexity index is 56.8. The molecular weight excluding hydrogens is 144 g/mol. The van der Waals surface area contributed by atoms with Crippen molar-refractivity contribution in [1.82, 2.24) is 0 Å². The van der Waals surface area contributed by atoms with Gasteiger partial charge in [0.05, 0.1) is 0 Å². The fraction of sp³-hybridized carbons (Fsp3) is 1.00. The number of methoxy groups -OCH3 is 2. The third-order valence-corrected chi connectivity index (χ3v) is 3.56.